The maximum absolute atomic E-state index is 11.3. The second-order valence-corrected chi connectivity index (χ2v) is 4.29. The Morgan fingerprint density at radius 2 is 2.24 bits per heavy atom. The summed E-state index contributed by atoms with van der Waals surface area (Å²) < 4.78 is 5.08. The van der Waals surface area contributed by atoms with Gasteiger partial charge in [0.15, 0.2) is 0 Å². The third kappa shape index (κ3) is 5.40. The standard InChI is InChI=1S/C12H20N2O3/c1-9(2)11(15)5-6-13-12(16)14-8-10-4-3-7-17-10/h3-4,7,9,11,15H,5-6,8H2,1-2H3,(H2,13,14,16). The fourth-order valence-electron chi connectivity index (χ4n) is 1.31. The fourth-order valence-corrected chi connectivity index (χ4v) is 1.31. The summed E-state index contributed by atoms with van der Waals surface area (Å²) in [5.41, 5.74) is 0. The number of hydrogen-bond acceptors (Lipinski definition) is 3. The zero-order valence-electron chi connectivity index (χ0n) is 10.3. The van der Waals surface area contributed by atoms with Gasteiger partial charge in [-0.2, -0.15) is 0 Å². The summed E-state index contributed by atoms with van der Waals surface area (Å²) >= 11 is 0. The van der Waals surface area contributed by atoms with E-state index in [1.165, 1.54) is 0 Å². The zero-order chi connectivity index (χ0) is 12.7. The molecular weight excluding hydrogens is 220 g/mol. The number of nitrogens with one attached hydrogen (secondary N) is 2. The Bertz CT molecular complexity index is 323. The largest absolute Gasteiger partial charge is 0.467 e. The average Bonchev–Trinajstić information content (AvgIpc) is 2.78. The van der Waals surface area contributed by atoms with Crippen LogP contribution in [0.4, 0.5) is 4.79 Å². The van der Waals surface area contributed by atoms with E-state index >= 15 is 0 Å². The molecule has 1 aromatic heterocycles. The van der Waals surface area contributed by atoms with E-state index in [1.54, 1.807) is 18.4 Å². The lowest BCUT2D eigenvalue weighted by molar-refractivity contribution is 0.116. The van der Waals surface area contributed by atoms with Gasteiger partial charge >= 0.3 is 6.03 Å². The molecule has 0 saturated carbocycles. The van der Waals surface area contributed by atoms with Gasteiger partial charge < -0.3 is 20.2 Å². The minimum absolute atomic E-state index is 0.211. The number of urea groups is 1. The van der Waals surface area contributed by atoms with E-state index in [0.717, 1.165) is 0 Å². The molecule has 2 amide bonds. The van der Waals surface area contributed by atoms with Crippen LogP contribution in [0.5, 0.6) is 0 Å². The number of amides is 2. The molecule has 96 valence electrons. The average molecular weight is 240 g/mol. The number of aliphatic hydroxyl groups is 1. The highest BCUT2D eigenvalue weighted by Gasteiger charge is 2.09. The third-order valence-electron chi connectivity index (χ3n) is 2.50. The lowest BCUT2D eigenvalue weighted by Gasteiger charge is -2.14. The van der Waals surface area contributed by atoms with Crippen molar-refractivity contribution in [2.24, 2.45) is 5.92 Å². The first-order valence-corrected chi connectivity index (χ1v) is 5.81. The summed E-state index contributed by atoms with van der Waals surface area (Å²) in [6, 6.07) is 3.31. The normalized spacial score (nSPS) is 12.5. The highest BCUT2D eigenvalue weighted by Crippen LogP contribution is 2.03. The molecule has 0 aliphatic heterocycles. The first kappa shape index (κ1) is 13.6. The summed E-state index contributed by atoms with van der Waals surface area (Å²) in [7, 11) is 0. The Morgan fingerprint density at radius 1 is 1.47 bits per heavy atom. The number of carbonyl (C=O) groups is 1. The molecule has 1 rings (SSSR count). The number of carbonyl (C=O) groups excluding carboxylic acids is 1. The monoisotopic (exact) mass is 240 g/mol. The molecular formula is C12H20N2O3. The molecule has 5 nitrogen and oxygen atoms in total. The van der Waals surface area contributed by atoms with Crippen LogP contribution >= 0.6 is 0 Å². The highest BCUT2D eigenvalue weighted by atomic mass is 16.3. The van der Waals surface area contributed by atoms with Crippen LogP contribution in [0.15, 0.2) is 22.8 Å². The van der Waals surface area contributed by atoms with Crippen LogP contribution in [0.25, 0.3) is 0 Å². The summed E-state index contributed by atoms with van der Waals surface area (Å²) in [5, 5.41) is 14.9. The molecule has 1 atom stereocenters. The van der Waals surface area contributed by atoms with E-state index in [4.69, 9.17) is 4.42 Å². The lowest BCUT2D eigenvalue weighted by atomic mass is 10.0. The second-order valence-electron chi connectivity index (χ2n) is 4.29. The van der Waals surface area contributed by atoms with Crippen molar-refractivity contribution in [2.75, 3.05) is 6.54 Å². The van der Waals surface area contributed by atoms with E-state index in [1.807, 2.05) is 13.8 Å². The van der Waals surface area contributed by atoms with Crippen molar-refractivity contribution in [1.29, 1.82) is 0 Å². The number of hydrogen-bond donors (Lipinski definition) is 3. The van der Waals surface area contributed by atoms with Crippen molar-refractivity contribution in [3.8, 4) is 0 Å². The number of furan rings is 1. The Morgan fingerprint density at radius 3 is 2.82 bits per heavy atom. The van der Waals surface area contributed by atoms with Crippen molar-refractivity contribution in [3.63, 3.8) is 0 Å². The zero-order valence-corrected chi connectivity index (χ0v) is 10.3. The van der Waals surface area contributed by atoms with Gasteiger partial charge in [-0.3, -0.25) is 0 Å². The van der Waals surface area contributed by atoms with Crippen molar-refractivity contribution in [2.45, 2.75) is 32.9 Å². The molecule has 0 aliphatic rings. The first-order valence-electron chi connectivity index (χ1n) is 5.81. The minimum atomic E-state index is -0.375. The topological polar surface area (TPSA) is 74.5 Å². The molecule has 1 aromatic rings. The molecule has 1 unspecified atom stereocenters. The Kier molecular flexibility index (Phi) is 5.56. The van der Waals surface area contributed by atoms with Gasteiger partial charge in [-0.1, -0.05) is 13.8 Å². The summed E-state index contributed by atoms with van der Waals surface area (Å²) in [5.74, 6) is 0.922. The third-order valence-corrected chi connectivity index (χ3v) is 2.50. The second kappa shape index (κ2) is 6.96. The minimum Gasteiger partial charge on any atom is -0.467 e. The van der Waals surface area contributed by atoms with E-state index in [2.05, 4.69) is 10.6 Å². The predicted octanol–water partition coefficient (Wildman–Crippen LogP) is 1.49. The maximum Gasteiger partial charge on any atom is 0.315 e. The van der Waals surface area contributed by atoms with Crippen LogP contribution in [-0.2, 0) is 6.54 Å². The maximum atomic E-state index is 11.3. The molecule has 17 heavy (non-hydrogen) atoms. The molecule has 1 heterocycles. The van der Waals surface area contributed by atoms with E-state index < -0.39 is 0 Å². The number of aliphatic hydroxyl groups excluding tert-OH is 1. The van der Waals surface area contributed by atoms with Crippen molar-refractivity contribution >= 4 is 6.03 Å². The van der Waals surface area contributed by atoms with Crippen LogP contribution < -0.4 is 10.6 Å². The van der Waals surface area contributed by atoms with Crippen LogP contribution in [0.2, 0.25) is 0 Å². The van der Waals surface area contributed by atoms with Gasteiger partial charge in [-0.25, -0.2) is 4.79 Å². The highest BCUT2D eigenvalue weighted by molar-refractivity contribution is 5.73. The van der Waals surface area contributed by atoms with Crippen LogP contribution in [0.3, 0.4) is 0 Å². The SMILES string of the molecule is CC(C)C(O)CCNC(=O)NCc1ccco1. The Hall–Kier alpha value is -1.49. The molecule has 0 spiro atoms. The summed E-state index contributed by atoms with van der Waals surface area (Å²) in [4.78, 5) is 11.3. The van der Waals surface area contributed by atoms with Crippen LogP contribution in [-0.4, -0.2) is 23.8 Å². The van der Waals surface area contributed by atoms with Gasteiger partial charge in [-0.05, 0) is 24.5 Å². The molecule has 0 saturated heterocycles. The van der Waals surface area contributed by atoms with Gasteiger partial charge in [-0.15, -0.1) is 0 Å². The van der Waals surface area contributed by atoms with Gasteiger partial charge in [0.05, 0.1) is 18.9 Å². The Balaban J connectivity index is 2.09. The van der Waals surface area contributed by atoms with E-state index in [0.29, 0.717) is 25.3 Å². The first-order chi connectivity index (χ1) is 8.09. The molecule has 0 aliphatic carbocycles. The van der Waals surface area contributed by atoms with Gasteiger partial charge in [0.1, 0.15) is 5.76 Å². The molecule has 0 radical (unpaired) electrons. The number of rotatable bonds is 6. The van der Waals surface area contributed by atoms with E-state index in [9.17, 15) is 9.90 Å². The van der Waals surface area contributed by atoms with Crippen molar-refractivity contribution in [1.82, 2.24) is 10.6 Å². The molecule has 3 N–H and O–H groups in total. The molecule has 0 fully saturated rings. The predicted molar refractivity (Wildman–Crippen MR) is 64.4 cm³/mol. The van der Waals surface area contributed by atoms with Gasteiger partial charge in [0, 0.05) is 6.54 Å². The van der Waals surface area contributed by atoms with Crippen molar-refractivity contribution in [3.05, 3.63) is 24.2 Å². The quantitative estimate of drug-likeness (QED) is 0.705. The van der Waals surface area contributed by atoms with Gasteiger partial charge in [0.2, 0.25) is 0 Å². The molecule has 0 bridgehead atoms. The van der Waals surface area contributed by atoms with Crippen LogP contribution in [0.1, 0.15) is 26.0 Å². The molecule has 0 aromatic carbocycles. The smallest absolute Gasteiger partial charge is 0.315 e. The van der Waals surface area contributed by atoms with Gasteiger partial charge in [0.25, 0.3) is 0 Å². The Labute approximate surface area is 101 Å². The lowest BCUT2D eigenvalue weighted by Crippen LogP contribution is -2.36. The summed E-state index contributed by atoms with van der Waals surface area (Å²) in [6.45, 7) is 4.72. The van der Waals surface area contributed by atoms with E-state index in [-0.39, 0.29) is 18.1 Å². The van der Waals surface area contributed by atoms with Crippen LogP contribution in [0, 0.1) is 5.92 Å². The van der Waals surface area contributed by atoms with Crippen molar-refractivity contribution < 1.29 is 14.3 Å². The summed E-state index contributed by atoms with van der Waals surface area (Å²) in [6.07, 6.45) is 1.75. The fraction of sp³-hybridized carbons (Fsp3) is 0.583. The molecule has 5 heteroatoms.